The van der Waals surface area contributed by atoms with E-state index < -0.39 is 11.9 Å². The molecule has 0 aliphatic carbocycles. The standard InChI is InChI=1S/C20H22O4S2/c1-13-6-8-16(20(23)24)18(11-13)26-10-4-3-5-14-7-9-15(19(21)22)17(12-14)25-2/h6-9,11-12H,3-5,10H2,1-2H3,(H,21,22)(H,23,24). The summed E-state index contributed by atoms with van der Waals surface area (Å²) in [5.41, 5.74) is 2.89. The highest BCUT2D eigenvalue weighted by atomic mass is 32.2. The number of aromatic carboxylic acids is 2. The molecule has 2 aromatic carbocycles. The lowest BCUT2D eigenvalue weighted by molar-refractivity contribution is 0.0682. The Morgan fingerprint density at radius 3 is 2.23 bits per heavy atom. The van der Waals surface area contributed by atoms with Crippen molar-refractivity contribution in [1.29, 1.82) is 0 Å². The molecular formula is C20H22O4S2. The Morgan fingerprint density at radius 1 is 0.923 bits per heavy atom. The van der Waals surface area contributed by atoms with Gasteiger partial charge in [0.2, 0.25) is 0 Å². The molecule has 0 saturated heterocycles. The monoisotopic (exact) mass is 390 g/mol. The van der Waals surface area contributed by atoms with Crippen molar-refractivity contribution in [2.45, 2.75) is 36.0 Å². The average molecular weight is 391 g/mol. The highest BCUT2D eigenvalue weighted by Crippen LogP contribution is 2.26. The molecule has 0 spiro atoms. The Bertz CT molecular complexity index is 802. The van der Waals surface area contributed by atoms with Crippen LogP contribution in [-0.2, 0) is 6.42 Å². The zero-order valence-corrected chi connectivity index (χ0v) is 16.5. The van der Waals surface area contributed by atoms with Crippen LogP contribution in [0, 0.1) is 6.92 Å². The molecule has 0 amide bonds. The third-order valence-electron chi connectivity index (χ3n) is 3.98. The Kier molecular flexibility index (Phi) is 7.60. The number of benzene rings is 2. The van der Waals surface area contributed by atoms with Crippen molar-refractivity contribution in [1.82, 2.24) is 0 Å². The van der Waals surface area contributed by atoms with E-state index >= 15 is 0 Å². The summed E-state index contributed by atoms with van der Waals surface area (Å²) in [4.78, 5) is 24.1. The Labute approximate surface area is 162 Å². The van der Waals surface area contributed by atoms with Crippen LogP contribution in [-0.4, -0.2) is 34.2 Å². The summed E-state index contributed by atoms with van der Waals surface area (Å²) in [5, 5.41) is 18.4. The largest absolute Gasteiger partial charge is 0.478 e. The lowest BCUT2D eigenvalue weighted by Gasteiger charge is -2.08. The van der Waals surface area contributed by atoms with Crippen molar-refractivity contribution in [3.05, 3.63) is 58.7 Å². The van der Waals surface area contributed by atoms with Gasteiger partial charge in [0, 0.05) is 9.79 Å². The zero-order valence-electron chi connectivity index (χ0n) is 14.8. The Hall–Kier alpha value is -1.92. The zero-order chi connectivity index (χ0) is 19.1. The molecule has 0 atom stereocenters. The third kappa shape index (κ3) is 5.54. The number of carboxylic acid groups (broad SMARTS) is 2. The number of aryl methyl sites for hydroxylation is 2. The molecule has 0 bridgehead atoms. The number of rotatable bonds is 9. The van der Waals surface area contributed by atoms with Crippen molar-refractivity contribution in [3.63, 3.8) is 0 Å². The summed E-state index contributed by atoms with van der Waals surface area (Å²) in [6.45, 7) is 1.96. The van der Waals surface area contributed by atoms with Crippen LogP contribution in [0.2, 0.25) is 0 Å². The molecule has 2 N–H and O–H groups in total. The molecule has 0 radical (unpaired) electrons. The molecule has 26 heavy (non-hydrogen) atoms. The van der Waals surface area contributed by atoms with E-state index in [0.717, 1.165) is 45.9 Å². The van der Waals surface area contributed by atoms with E-state index in [1.807, 2.05) is 37.4 Å². The normalized spacial score (nSPS) is 10.7. The summed E-state index contributed by atoms with van der Waals surface area (Å²) in [5.74, 6) is -0.938. The summed E-state index contributed by atoms with van der Waals surface area (Å²) in [6.07, 6.45) is 4.70. The van der Waals surface area contributed by atoms with Crippen LogP contribution in [0.4, 0.5) is 0 Å². The highest BCUT2D eigenvalue weighted by molar-refractivity contribution is 7.99. The van der Waals surface area contributed by atoms with E-state index in [1.54, 1.807) is 23.9 Å². The number of thioether (sulfide) groups is 2. The predicted molar refractivity (Wildman–Crippen MR) is 107 cm³/mol. The first-order valence-corrected chi connectivity index (χ1v) is 10.5. The fourth-order valence-corrected chi connectivity index (χ4v) is 4.40. The first-order valence-electron chi connectivity index (χ1n) is 8.29. The van der Waals surface area contributed by atoms with Crippen molar-refractivity contribution < 1.29 is 19.8 Å². The topological polar surface area (TPSA) is 74.6 Å². The van der Waals surface area contributed by atoms with Crippen LogP contribution in [0.15, 0.2) is 46.2 Å². The second-order valence-corrected chi connectivity index (χ2v) is 7.93. The van der Waals surface area contributed by atoms with Gasteiger partial charge in [-0.2, -0.15) is 0 Å². The average Bonchev–Trinajstić information content (AvgIpc) is 2.60. The molecule has 0 heterocycles. The van der Waals surface area contributed by atoms with Crippen molar-refractivity contribution in [2.75, 3.05) is 12.0 Å². The van der Waals surface area contributed by atoms with Crippen molar-refractivity contribution >= 4 is 35.5 Å². The summed E-state index contributed by atoms with van der Waals surface area (Å²) in [7, 11) is 0. The lowest BCUT2D eigenvalue weighted by Crippen LogP contribution is -2.00. The van der Waals surface area contributed by atoms with Crippen molar-refractivity contribution in [3.8, 4) is 0 Å². The SMILES string of the molecule is CSc1cc(CCCCSc2cc(C)ccc2C(=O)O)ccc1C(=O)O. The van der Waals surface area contributed by atoms with E-state index in [0.29, 0.717) is 11.1 Å². The summed E-state index contributed by atoms with van der Waals surface area (Å²) < 4.78 is 0. The molecule has 0 aliphatic rings. The van der Waals surface area contributed by atoms with Gasteiger partial charge in [0.25, 0.3) is 0 Å². The minimum absolute atomic E-state index is 0.345. The maximum Gasteiger partial charge on any atom is 0.336 e. The van der Waals surface area contributed by atoms with Gasteiger partial charge in [0.15, 0.2) is 0 Å². The number of carboxylic acids is 2. The Balaban J connectivity index is 1.87. The van der Waals surface area contributed by atoms with E-state index in [1.165, 1.54) is 11.8 Å². The molecule has 138 valence electrons. The van der Waals surface area contributed by atoms with Crippen LogP contribution < -0.4 is 0 Å². The van der Waals surface area contributed by atoms with Crippen LogP contribution in [0.1, 0.15) is 44.7 Å². The molecule has 4 nitrogen and oxygen atoms in total. The fourth-order valence-electron chi connectivity index (χ4n) is 2.61. The van der Waals surface area contributed by atoms with Gasteiger partial charge in [-0.05, 0) is 73.6 Å². The molecule has 0 unspecified atom stereocenters. The molecule has 2 aromatic rings. The van der Waals surface area contributed by atoms with Gasteiger partial charge in [-0.1, -0.05) is 12.1 Å². The molecular weight excluding hydrogens is 368 g/mol. The van der Waals surface area contributed by atoms with E-state index in [-0.39, 0.29) is 0 Å². The smallest absolute Gasteiger partial charge is 0.336 e. The number of hydrogen-bond acceptors (Lipinski definition) is 4. The van der Waals surface area contributed by atoms with Crippen LogP contribution >= 0.6 is 23.5 Å². The molecule has 0 saturated carbocycles. The van der Waals surface area contributed by atoms with Gasteiger partial charge in [-0.25, -0.2) is 9.59 Å². The second-order valence-electron chi connectivity index (χ2n) is 5.95. The first-order chi connectivity index (χ1) is 12.4. The van der Waals surface area contributed by atoms with Gasteiger partial charge in [0.1, 0.15) is 0 Å². The van der Waals surface area contributed by atoms with E-state index in [4.69, 9.17) is 5.11 Å². The molecule has 0 fully saturated rings. The molecule has 2 rings (SSSR count). The summed E-state index contributed by atoms with van der Waals surface area (Å²) >= 11 is 3.02. The Morgan fingerprint density at radius 2 is 1.58 bits per heavy atom. The van der Waals surface area contributed by atoms with Gasteiger partial charge >= 0.3 is 11.9 Å². The number of carbonyl (C=O) groups is 2. The summed E-state index contributed by atoms with van der Waals surface area (Å²) in [6, 6.07) is 10.9. The van der Waals surface area contributed by atoms with Crippen LogP contribution in [0.3, 0.4) is 0 Å². The maximum absolute atomic E-state index is 11.3. The number of hydrogen-bond donors (Lipinski definition) is 2. The van der Waals surface area contributed by atoms with Gasteiger partial charge < -0.3 is 10.2 Å². The third-order valence-corrected chi connectivity index (χ3v) is 5.90. The minimum atomic E-state index is -0.898. The van der Waals surface area contributed by atoms with Crippen molar-refractivity contribution in [2.24, 2.45) is 0 Å². The fraction of sp³-hybridized carbons (Fsp3) is 0.300. The van der Waals surface area contributed by atoms with Gasteiger partial charge in [-0.3, -0.25) is 0 Å². The lowest BCUT2D eigenvalue weighted by atomic mass is 10.1. The van der Waals surface area contributed by atoms with Gasteiger partial charge in [0.05, 0.1) is 11.1 Å². The van der Waals surface area contributed by atoms with Gasteiger partial charge in [-0.15, -0.1) is 23.5 Å². The maximum atomic E-state index is 11.3. The minimum Gasteiger partial charge on any atom is -0.478 e. The quantitative estimate of drug-likeness (QED) is 0.451. The van der Waals surface area contributed by atoms with E-state index in [9.17, 15) is 14.7 Å². The highest BCUT2D eigenvalue weighted by Gasteiger charge is 2.11. The second kappa shape index (κ2) is 9.69. The molecule has 0 aliphatic heterocycles. The molecule has 6 heteroatoms. The molecule has 0 aromatic heterocycles. The van der Waals surface area contributed by atoms with E-state index in [2.05, 4.69) is 0 Å². The predicted octanol–water partition coefficient (Wildman–Crippen LogP) is 5.23. The van der Waals surface area contributed by atoms with Crippen LogP contribution in [0.5, 0.6) is 0 Å². The van der Waals surface area contributed by atoms with Crippen LogP contribution in [0.25, 0.3) is 0 Å². The first kappa shape index (κ1) is 20.4. The number of unbranched alkanes of at least 4 members (excludes halogenated alkanes) is 1.